The summed E-state index contributed by atoms with van der Waals surface area (Å²) in [6, 6.07) is 13.4. The van der Waals surface area contributed by atoms with Crippen molar-refractivity contribution in [3.8, 4) is 22.9 Å². The molecule has 0 bridgehead atoms. The number of amides is 1. The molecule has 0 aliphatic heterocycles. The minimum atomic E-state index is -0.0326. The van der Waals surface area contributed by atoms with Gasteiger partial charge in [0.2, 0.25) is 17.6 Å². The van der Waals surface area contributed by atoms with Crippen LogP contribution in [-0.4, -0.2) is 41.7 Å². The molecule has 0 aliphatic carbocycles. The van der Waals surface area contributed by atoms with Crippen LogP contribution in [0.3, 0.4) is 0 Å². The zero-order chi connectivity index (χ0) is 20.8. The molecular formula is C22H25N3O4. The third-order valence-corrected chi connectivity index (χ3v) is 4.64. The van der Waals surface area contributed by atoms with E-state index in [-0.39, 0.29) is 18.9 Å². The van der Waals surface area contributed by atoms with Gasteiger partial charge in [-0.25, -0.2) is 0 Å². The van der Waals surface area contributed by atoms with E-state index in [1.807, 2.05) is 50.2 Å². The van der Waals surface area contributed by atoms with Crippen molar-refractivity contribution < 1.29 is 18.8 Å². The lowest BCUT2D eigenvalue weighted by atomic mass is 10.1. The minimum absolute atomic E-state index is 0.0326. The molecule has 7 heteroatoms. The van der Waals surface area contributed by atoms with E-state index in [9.17, 15) is 4.79 Å². The first-order valence-corrected chi connectivity index (χ1v) is 9.42. The highest BCUT2D eigenvalue weighted by atomic mass is 16.5. The molecule has 0 saturated heterocycles. The van der Waals surface area contributed by atoms with Gasteiger partial charge in [0, 0.05) is 12.1 Å². The highest BCUT2D eigenvalue weighted by molar-refractivity contribution is 5.79. The van der Waals surface area contributed by atoms with Crippen molar-refractivity contribution in [3.05, 3.63) is 59.5 Å². The monoisotopic (exact) mass is 395 g/mol. The Labute approximate surface area is 170 Å². The normalized spacial score (nSPS) is 10.6. The summed E-state index contributed by atoms with van der Waals surface area (Å²) in [5.41, 5.74) is 2.89. The van der Waals surface area contributed by atoms with E-state index in [1.165, 1.54) is 0 Å². The van der Waals surface area contributed by atoms with E-state index in [4.69, 9.17) is 14.0 Å². The summed E-state index contributed by atoms with van der Waals surface area (Å²) < 4.78 is 15.9. The first kappa shape index (κ1) is 20.4. The minimum Gasteiger partial charge on any atom is -0.493 e. The number of carbonyl (C=O) groups is 1. The molecule has 1 amide bonds. The number of hydrogen-bond acceptors (Lipinski definition) is 6. The Morgan fingerprint density at radius 1 is 1.07 bits per heavy atom. The van der Waals surface area contributed by atoms with E-state index in [1.54, 1.807) is 25.2 Å². The molecule has 7 nitrogen and oxygen atoms in total. The number of likely N-dealkylation sites (N-methyl/N-ethyl adjacent to an activating group) is 1. The van der Waals surface area contributed by atoms with Gasteiger partial charge in [-0.2, -0.15) is 4.98 Å². The fourth-order valence-corrected chi connectivity index (χ4v) is 2.96. The van der Waals surface area contributed by atoms with Gasteiger partial charge in [-0.15, -0.1) is 0 Å². The Morgan fingerprint density at radius 2 is 1.79 bits per heavy atom. The Morgan fingerprint density at radius 3 is 2.45 bits per heavy atom. The second kappa shape index (κ2) is 9.23. The Hall–Kier alpha value is -3.35. The van der Waals surface area contributed by atoms with Crippen molar-refractivity contribution >= 4 is 5.91 Å². The van der Waals surface area contributed by atoms with E-state index < -0.39 is 0 Å². The number of ether oxygens (including phenoxy) is 2. The molecule has 0 saturated carbocycles. The molecule has 0 aliphatic rings. The highest BCUT2D eigenvalue weighted by Gasteiger charge is 2.18. The van der Waals surface area contributed by atoms with Gasteiger partial charge < -0.3 is 18.9 Å². The fraction of sp³-hybridized carbons (Fsp3) is 0.318. The van der Waals surface area contributed by atoms with Crippen LogP contribution in [-0.2, 0) is 17.8 Å². The second-order valence-electron chi connectivity index (χ2n) is 6.65. The van der Waals surface area contributed by atoms with Crippen molar-refractivity contribution in [2.24, 2.45) is 0 Å². The summed E-state index contributed by atoms with van der Waals surface area (Å²) in [6.07, 6.45) is 0.243. The van der Waals surface area contributed by atoms with E-state index >= 15 is 0 Å². The quantitative estimate of drug-likeness (QED) is 0.579. The molecule has 1 aromatic heterocycles. The zero-order valence-corrected chi connectivity index (χ0v) is 17.1. The van der Waals surface area contributed by atoms with Crippen LogP contribution in [0.5, 0.6) is 11.5 Å². The van der Waals surface area contributed by atoms with Crippen LogP contribution < -0.4 is 9.47 Å². The Bertz CT molecular complexity index is 966. The molecular weight excluding hydrogens is 370 g/mol. The largest absolute Gasteiger partial charge is 0.493 e. The lowest BCUT2D eigenvalue weighted by Crippen LogP contribution is -2.31. The van der Waals surface area contributed by atoms with E-state index in [0.29, 0.717) is 29.8 Å². The maximum absolute atomic E-state index is 12.8. The molecule has 1 heterocycles. The lowest BCUT2D eigenvalue weighted by molar-refractivity contribution is -0.131. The molecule has 3 aromatic rings. The van der Waals surface area contributed by atoms with Gasteiger partial charge in [-0.3, -0.25) is 4.79 Å². The molecule has 0 radical (unpaired) electrons. The van der Waals surface area contributed by atoms with Crippen LogP contribution >= 0.6 is 0 Å². The maximum atomic E-state index is 12.8. The highest BCUT2D eigenvalue weighted by Crippen LogP contribution is 2.28. The van der Waals surface area contributed by atoms with Crippen LogP contribution in [0, 0.1) is 6.92 Å². The number of methoxy groups -OCH3 is 2. The molecule has 0 fully saturated rings. The molecule has 29 heavy (non-hydrogen) atoms. The van der Waals surface area contributed by atoms with E-state index in [2.05, 4.69) is 10.1 Å². The van der Waals surface area contributed by atoms with Gasteiger partial charge in [0.1, 0.15) is 0 Å². The topological polar surface area (TPSA) is 77.7 Å². The third-order valence-electron chi connectivity index (χ3n) is 4.64. The first-order valence-electron chi connectivity index (χ1n) is 9.42. The summed E-state index contributed by atoms with van der Waals surface area (Å²) in [7, 11) is 3.15. The summed E-state index contributed by atoms with van der Waals surface area (Å²) in [5, 5.41) is 4.03. The second-order valence-corrected chi connectivity index (χ2v) is 6.65. The number of aryl methyl sites for hydroxylation is 1. The lowest BCUT2D eigenvalue weighted by Gasteiger charge is -2.19. The average molecular weight is 395 g/mol. The molecule has 0 atom stereocenters. The van der Waals surface area contributed by atoms with Gasteiger partial charge in [-0.05, 0) is 31.5 Å². The van der Waals surface area contributed by atoms with Crippen molar-refractivity contribution in [1.29, 1.82) is 0 Å². The summed E-state index contributed by atoms with van der Waals surface area (Å²) in [4.78, 5) is 18.9. The number of carbonyl (C=O) groups excluding carboxylic acids is 1. The standard InChI is InChI=1S/C22H25N3O4/c1-5-25(21(26)13-16-8-11-18(27-3)19(12-16)28-4)14-20-23-22(24-29-20)17-9-6-15(2)7-10-17/h6-12H,5,13-14H2,1-4H3. The molecule has 0 unspecified atom stereocenters. The predicted octanol–water partition coefficient (Wildman–Crippen LogP) is 3.65. The molecule has 3 rings (SSSR count). The SMILES string of the molecule is CCN(Cc1nc(-c2ccc(C)cc2)no1)C(=O)Cc1ccc(OC)c(OC)c1. The smallest absolute Gasteiger partial charge is 0.246 e. The van der Waals surface area contributed by atoms with Crippen LogP contribution in [0.4, 0.5) is 0 Å². The number of hydrogen-bond donors (Lipinski definition) is 0. The van der Waals surface area contributed by atoms with Crippen molar-refractivity contribution in [2.75, 3.05) is 20.8 Å². The van der Waals surface area contributed by atoms with Crippen LogP contribution in [0.25, 0.3) is 11.4 Å². The van der Waals surface area contributed by atoms with E-state index in [0.717, 1.165) is 16.7 Å². The van der Waals surface area contributed by atoms with Crippen molar-refractivity contribution in [3.63, 3.8) is 0 Å². The molecule has 152 valence electrons. The molecule has 2 aromatic carbocycles. The molecule has 0 N–H and O–H groups in total. The third kappa shape index (κ3) is 4.93. The van der Waals surface area contributed by atoms with Gasteiger partial charge in [0.15, 0.2) is 11.5 Å². The van der Waals surface area contributed by atoms with Crippen LogP contribution in [0.15, 0.2) is 47.0 Å². The number of nitrogens with zero attached hydrogens (tertiary/aromatic N) is 3. The van der Waals surface area contributed by atoms with Gasteiger partial charge >= 0.3 is 0 Å². The Kier molecular flexibility index (Phi) is 6.49. The fourth-order valence-electron chi connectivity index (χ4n) is 2.96. The van der Waals surface area contributed by atoms with Crippen molar-refractivity contribution in [2.45, 2.75) is 26.8 Å². The van der Waals surface area contributed by atoms with Gasteiger partial charge in [0.05, 0.1) is 27.2 Å². The number of benzene rings is 2. The maximum Gasteiger partial charge on any atom is 0.246 e. The average Bonchev–Trinajstić information content (AvgIpc) is 3.21. The van der Waals surface area contributed by atoms with Crippen LogP contribution in [0.2, 0.25) is 0 Å². The first-order chi connectivity index (χ1) is 14.0. The predicted molar refractivity (Wildman–Crippen MR) is 109 cm³/mol. The number of rotatable bonds is 8. The van der Waals surface area contributed by atoms with Crippen molar-refractivity contribution in [1.82, 2.24) is 15.0 Å². The van der Waals surface area contributed by atoms with Gasteiger partial charge in [0.25, 0.3) is 0 Å². The Balaban J connectivity index is 1.68. The van der Waals surface area contributed by atoms with Gasteiger partial charge in [-0.1, -0.05) is 41.1 Å². The summed E-state index contributed by atoms with van der Waals surface area (Å²) in [6.45, 7) is 4.74. The zero-order valence-electron chi connectivity index (χ0n) is 17.1. The van der Waals surface area contributed by atoms with Crippen LogP contribution in [0.1, 0.15) is 23.9 Å². The summed E-state index contributed by atoms with van der Waals surface area (Å²) in [5.74, 6) is 2.12. The molecule has 0 spiro atoms. The summed E-state index contributed by atoms with van der Waals surface area (Å²) >= 11 is 0. The number of aromatic nitrogens is 2.